The maximum Gasteiger partial charge on any atom is 0.193 e. The summed E-state index contributed by atoms with van der Waals surface area (Å²) in [6.45, 7) is 5.26. The average molecular weight is 538 g/mol. The molecule has 138 valence electrons. The largest absolute Gasteiger partial charge is 0.356 e. The zero-order valence-electron chi connectivity index (χ0n) is 14.6. The van der Waals surface area contributed by atoms with Crippen molar-refractivity contribution in [2.45, 2.75) is 25.8 Å². The van der Waals surface area contributed by atoms with E-state index in [0.717, 1.165) is 32.0 Å². The van der Waals surface area contributed by atoms with Crippen LogP contribution in [-0.4, -0.2) is 47.1 Å². The first-order valence-corrected chi connectivity index (χ1v) is 9.95. The van der Waals surface area contributed by atoms with Crippen LogP contribution in [0.25, 0.3) is 0 Å². The lowest BCUT2D eigenvalue weighted by Crippen LogP contribution is -2.49. The number of likely N-dealkylation sites (tertiary alicyclic amines) is 1. The molecule has 1 fully saturated rings. The van der Waals surface area contributed by atoms with Crippen LogP contribution in [0.1, 0.15) is 24.3 Å². The van der Waals surface area contributed by atoms with Crippen molar-refractivity contribution in [1.29, 1.82) is 0 Å². The van der Waals surface area contributed by atoms with Gasteiger partial charge >= 0.3 is 0 Å². The van der Waals surface area contributed by atoms with Gasteiger partial charge in [0.15, 0.2) is 5.96 Å². The maximum atomic E-state index is 4.49. The number of hydrogen-bond donors (Lipinski definition) is 1. The van der Waals surface area contributed by atoms with Crippen molar-refractivity contribution in [3.63, 3.8) is 0 Å². The second-order valence-corrected chi connectivity index (χ2v) is 8.77. The Morgan fingerprint density at radius 2 is 2.32 bits per heavy atom. The zero-order chi connectivity index (χ0) is 16.9. The predicted molar refractivity (Wildman–Crippen MR) is 119 cm³/mol. The Hall–Kier alpha value is -0.610. The van der Waals surface area contributed by atoms with Crippen LogP contribution < -0.4 is 5.32 Å². The summed E-state index contributed by atoms with van der Waals surface area (Å²) in [4.78, 5) is 12.4. The molecule has 1 aliphatic heterocycles. The lowest BCUT2D eigenvalue weighted by atomic mass is 9.93. The van der Waals surface area contributed by atoms with E-state index in [-0.39, 0.29) is 24.0 Å². The standard InChI is InChI=1S/C17H24BrN5S.HI/c1-13-6-9-22(11-15(13)23-10-8-20-12-23)17(19-2)21-7-5-14-3-4-16(18)24-14;/h3-4,8,10,12-13,15H,5-7,9,11H2,1-2H3,(H,19,21);1H. The van der Waals surface area contributed by atoms with Crippen molar-refractivity contribution in [1.82, 2.24) is 19.8 Å². The maximum absolute atomic E-state index is 4.49. The van der Waals surface area contributed by atoms with Crippen molar-refractivity contribution >= 4 is 57.2 Å². The van der Waals surface area contributed by atoms with Gasteiger partial charge in [-0.05, 0) is 46.8 Å². The number of aromatic nitrogens is 2. The van der Waals surface area contributed by atoms with Gasteiger partial charge in [-0.1, -0.05) is 6.92 Å². The Balaban J connectivity index is 0.00000225. The number of guanidine groups is 1. The quantitative estimate of drug-likeness (QED) is 0.364. The van der Waals surface area contributed by atoms with Gasteiger partial charge in [-0.25, -0.2) is 4.98 Å². The van der Waals surface area contributed by atoms with Crippen LogP contribution >= 0.6 is 51.2 Å². The molecular formula is C17H25BrIN5S. The van der Waals surface area contributed by atoms with Gasteiger partial charge in [0.1, 0.15) is 0 Å². The number of imidazole rings is 1. The minimum Gasteiger partial charge on any atom is -0.356 e. The van der Waals surface area contributed by atoms with Crippen LogP contribution in [0.3, 0.4) is 0 Å². The molecular weight excluding hydrogens is 513 g/mol. The molecule has 2 aromatic heterocycles. The molecule has 3 rings (SSSR count). The first kappa shape index (κ1) is 20.7. The fourth-order valence-electron chi connectivity index (χ4n) is 3.21. The molecule has 3 heterocycles. The number of thiophene rings is 1. The van der Waals surface area contributed by atoms with Crippen LogP contribution in [0.5, 0.6) is 0 Å². The fourth-order valence-corrected chi connectivity index (χ4v) is 4.69. The molecule has 0 amide bonds. The van der Waals surface area contributed by atoms with Gasteiger partial charge in [0.25, 0.3) is 0 Å². The number of halogens is 2. The van der Waals surface area contributed by atoms with E-state index in [9.17, 15) is 0 Å². The molecule has 2 atom stereocenters. The predicted octanol–water partition coefficient (Wildman–Crippen LogP) is 4.03. The molecule has 0 saturated carbocycles. The second kappa shape index (κ2) is 9.91. The number of aliphatic imine (C=N–C) groups is 1. The molecule has 5 nitrogen and oxygen atoms in total. The summed E-state index contributed by atoms with van der Waals surface area (Å²) in [5.74, 6) is 1.65. The van der Waals surface area contributed by atoms with Crippen LogP contribution in [0.2, 0.25) is 0 Å². The summed E-state index contributed by atoms with van der Waals surface area (Å²) >= 11 is 5.31. The zero-order valence-corrected chi connectivity index (χ0v) is 19.3. The van der Waals surface area contributed by atoms with E-state index in [0.29, 0.717) is 12.0 Å². The first-order valence-electron chi connectivity index (χ1n) is 8.34. The minimum absolute atomic E-state index is 0. The highest BCUT2D eigenvalue weighted by molar-refractivity contribution is 14.0. The summed E-state index contributed by atoms with van der Waals surface area (Å²) in [5.41, 5.74) is 0. The molecule has 25 heavy (non-hydrogen) atoms. The number of rotatable bonds is 4. The van der Waals surface area contributed by atoms with E-state index in [1.807, 2.05) is 19.6 Å². The molecule has 0 aliphatic carbocycles. The van der Waals surface area contributed by atoms with Gasteiger partial charge in [0.2, 0.25) is 0 Å². The van der Waals surface area contributed by atoms with Crippen LogP contribution in [-0.2, 0) is 6.42 Å². The third-order valence-corrected chi connectivity index (χ3v) is 6.30. The Labute approximate surface area is 179 Å². The number of nitrogens with one attached hydrogen (secondary N) is 1. The summed E-state index contributed by atoms with van der Waals surface area (Å²) in [6, 6.07) is 4.74. The summed E-state index contributed by atoms with van der Waals surface area (Å²) in [5, 5.41) is 3.52. The molecule has 1 saturated heterocycles. The Bertz CT molecular complexity index is 672. The molecule has 0 spiro atoms. The molecule has 8 heteroatoms. The van der Waals surface area contributed by atoms with Crippen molar-refractivity contribution in [3.8, 4) is 0 Å². The summed E-state index contributed by atoms with van der Waals surface area (Å²) < 4.78 is 3.42. The Kier molecular flexibility index (Phi) is 8.21. The number of hydrogen-bond acceptors (Lipinski definition) is 3. The highest BCUT2D eigenvalue weighted by Crippen LogP contribution is 2.27. The average Bonchev–Trinajstić information content (AvgIpc) is 3.24. The third kappa shape index (κ3) is 5.43. The van der Waals surface area contributed by atoms with Crippen molar-refractivity contribution in [2.75, 3.05) is 26.7 Å². The highest BCUT2D eigenvalue weighted by atomic mass is 127. The van der Waals surface area contributed by atoms with Crippen molar-refractivity contribution in [2.24, 2.45) is 10.9 Å². The van der Waals surface area contributed by atoms with E-state index in [1.54, 1.807) is 11.3 Å². The van der Waals surface area contributed by atoms with Crippen molar-refractivity contribution in [3.05, 3.63) is 39.5 Å². The van der Waals surface area contributed by atoms with E-state index >= 15 is 0 Å². The van der Waals surface area contributed by atoms with Gasteiger partial charge in [0.05, 0.1) is 16.2 Å². The monoisotopic (exact) mass is 537 g/mol. The molecule has 1 aliphatic rings. The van der Waals surface area contributed by atoms with E-state index < -0.39 is 0 Å². The van der Waals surface area contributed by atoms with E-state index in [4.69, 9.17) is 0 Å². The van der Waals surface area contributed by atoms with Gasteiger partial charge in [-0.2, -0.15) is 0 Å². The second-order valence-electron chi connectivity index (χ2n) is 6.22. The molecule has 2 aromatic rings. The van der Waals surface area contributed by atoms with E-state index in [2.05, 4.69) is 65.9 Å². The smallest absolute Gasteiger partial charge is 0.193 e. The summed E-state index contributed by atoms with van der Waals surface area (Å²) in [6.07, 6.45) is 8.04. The lowest BCUT2D eigenvalue weighted by molar-refractivity contribution is 0.189. The first-order chi connectivity index (χ1) is 11.7. The fraction of sp³-hybridized carbons (Fsp3) is 0.529. The Morgan fingerprint density at radius 1 is 1.48 bits per heavy atom. The topological polar surface area (TPSA) is 45.5 Å². The molecule has 1 N–H and O–H groups in total. The van der Waals surface area contributed by atoms with Gasteiger partial charge < -0.3 is 14.8 Å². The molecule has 0 aromatic carbocycles. The molecule has 0 radical (unpaired) electrons. The summed E-state index contributed by atoms with van der Waals surface area (Å²) in [7, 11) is 1.87. The number of piperidine rings is 1. The molecule has 0 bridgehead atoms. The van der Waals surface area contributed by atoms with Crippen LogP contribution in [0, 0.1) is 5.92 Å². The van der Waals surface area contributed by atoms with Gasteiger partial charge in [-0.3, -0.25) is 4.99 Å². The van der Waals surface area contributed by atoms with Crippen LogP contribution in [0.4, 0.5) is 0 Å². The van der Waals surface area contributed by atoms with Crippen molar-refractivity contribution < 1.29 is 0 Å². The number of nitrogens with zero attached hydrogens (tertiary/aromatic N) is 4. The lowest BCUT2D eigenvalue weighted by Gasteiger charge is -2.39. The SMILES string of the molecule is CN=C(NCCc1ccc(Br)s1)N1CCC(C)C(n2ccnc2)C1.I. The highest BCUT2D eigenvalue weighted by Gasteiger charge is 2.28. The minimum atomic E-state index is 0. The van der Waals surface area contributed by atoms with Crippen LogP contribution in [0.15, 0.2) is 39.6 Å². The van der Waals surface area contributed by atoms with Gasteiger partial charge in [0, 0.05) is 44.0 Å². The molecule has 2 unspecified atom stereocenters. The van der Waals surface area contributed by atoms with Gasteiger partial charge in [-0.15, -0.1) is 35.3 Å². The van der Waals surface area contributed by atoms with E-state index in [1.165, 1.54) is 15.1 Å². The third-order valence-electron chi connectivity index (χ3n) is 4.62. The Morgan fingerprint density at radius 3 is 2.96 bits per heavy atom. The normalized spacial score (nSPS) is 21.1.